The van der Waals surface area contributed by atoms with E-state index in [0.717, 1.165) is 30.6 Å². The molecule has 6 heteroatoms. The van der Waals surface area contributed by atoms with Crippen LogP contribution in [0.1, 0.15) is 43.9 Å². The number of aromatic nitrogens is 1. The molecular weight excluding hydrogens is 309 g/mol. The molecule has 2 heterocycles. The van der Waals surface area contributed by atoms with E-state index in [9.17, 15) is 14.0 Å². The summed E-state index contributed by atoms with van der Waals surface area (Å²) in [5, 5.41) is 0. The summed E-state index contributed by atoms with van der Waals surface area (Å²) in [6.45, 7) is 7.90. The minimum absolute atomic E-state index is 0.203. The van der Waals surface area contributed by atoms with E-state index in [4.69, 9.17) is 5.73 Å². The summed E-state index contributed by atoms with van der Waals surface area (Å²) in [7, 11) is 0. The number of nitrogens with zero attached hydrogens (tertiary/aromatic N) is 2. The van der Waals surface area contributed by atoms with Crippen molar-refractivity contribution in [1.82, 2.24) is 9.47 Å². The SMILES string of the molecule is Cc1cc(=O)n(C(CC(C)C)C(N)=O)cc1CCN1CCC(F)C1. The molecule has 24 heavy (non-hydrogen) atoms. The highest BCUT2D eigenvalue weighted by Crippen LogP contribution is 2.18. The van der Waals surface area contributed by atoms with E-state index in [1.54, 1.807) is 12.3 Å². The van der Waals surface area contributed by atoms with E-state index >= 15 is 0 Å². The lowest BCUT2D eigenvalue weighted by Crippen LogP contribution is -2.35. The normalized spacial score (nSPS) is 19.8. The van der Waals surface area contributed by atoms with E-state index < -0.39 is 18.1 Å². The maximum Gasteiger partial charge on any atom is 0.251 e. The van der Waals surface area contributed by atoms with Crippen molar-refractivity contribution in [3.05, 3.63) is 33.7 Å². The fourth-order valence-corrected chi connectivity index (χ4v) is 3.27. The highest BCUT2D eigenvalue weighted by Gasteiger charge is 2.23. The molecule has 134 valence electrons. The fraction of sp³-hybridized carbons (Fsp3) is 0.667. The molecule has 0 radical (unpaired) electrons. The van der Waals surface area contributed by atoms with Gasteiger partial charge in [0.05, 0.1) is 0 Å². The van der Waals surface area contributed by atoms with Gasteiger partial charge in [0.25, 0.3) is 5.56 Å². The molecule has 5 nitrogen and oxygen atoms in total. The van der Waals surface area contributed by atoms with Gasteiger partial charge in [-0.2, -0.15) is 0 Å². The zero-order valence-corrected chi connectivity index (χ0v) is 14.8. The predicted octanol–water partition coefficient (Wildman–Crippen LogP) is 1.82. The minimum atomic E-state index is -0.731. The zero-order valence-electron chi connectivity index (χ0n) is 14.8. The third kappa shape index (κ3) is 4.66. The van der Waals surface area contributed by atoms with Gasteiger partial charge in [0, 0.05) is 31.9 Å². The second-order valence-electron chi connectivity index (χ2n) is 7.21. The van der Waals surface area contributed by atoms with Crippen molar-refractivity contribution in [2.75, 3.05) is 19.6 Å². The third-order valence-electron chi connectivity index (χ3n) is 4.67. The molecule has 0 aromatic carbocycles. The Kier molecular flexibility index (Phi) is 6.15. The van der Waals surface area contributed by atoms with Gasteiger partial charge in [0.2, 0.25) is 5.91 Å². The van der Waals surface area contributed by atoms with Gasteiger partial charge < -0.3 is 15.2 Å². The lowest BCUT2D eigenvalue weighted by Gasteiger charge is -2.21. The largest absolute Gasteiger partial charge is 0.368 e. The Morgan fingerprint density at radius 3 is 2.71 bits per heavy atom. The summed E-state index contributed by atoms with van der Waals surface area (Å²) in [5.74, 6) is -0.231. The molecule has 2 unspecified atom stereocenters. The number of nitrogens with two attached hydrogens (primary N) is 1. The standard InChI is InChI=1S/C18H28FN3O2/c1-12(2)8-16(18(20)24)22-10-14(13(3)9-17(22)23)4-6-21-7-5-15(19)11-21/h9-10,12,15-16H,4-8,11H2,1-3H3,(H2,20,24). The number of hydrogen-bond acceptors (Lipinski definition) is 3. The van der Waals surface area contributed by atoms with Gasteiger partial charge in [-0.1, -0.05) is 13.8 Å². The number of carbonyl (C=O) groups excluding carboxylic acids is 1. The number of alkyl halides is 1. The summed E-state index contributed by atoms with van der Waals surface area (Å²) in [6, 6.07) is 0.937. The molecule has 1 saturated heterocycles. The highest BCUT2D eigenvalue weighted by atomic mass is 19.1. The summed E-state index contributed by atoms with van der Waals surface area (Å²) >= 11 is 0. The number of primary amides is 1. The van der Waals surface area contributed by atoms with E-state index in [1.807, 2.05) is 20.8 Å². The molecule has 0 bridgehead atoms. The van der Waals surface area contributed by atoms with Crippen LogP contribution >= 0.6 is 0 Å². The van der Waals surface area contributed by atoms with Gasteiger partial charge in [-0.3, -0.25) is 9.59 Å². The fourth-order valence-electron chi connectivity index (χ4n) is 3.27. The van der Waals surface area contributed by atoms with Crippen LogP contribution in [0.3, 0.4) is 0 Å². The van der Waals surface area contributed by atoms with Crippen LogP contribution in [0.15, 0.2) is 17.1 Å². The Morgan fingerprint density at radius 1 is 1.46 bits per heavy atom. The Morgan fingerprint density at radius 2 is 2.17 bits per heavy atom. The van der Waals surface area contributed by atoms with Crippen LogP contribution in [0, 0.1) is 12.8 Å². The van der Waals surface area contributed by atoms with Crippen LogP contribution in [-0.4, -0.2) is 41.2 Å². The number of hydrogen-bond donors (Lipinski definition) is 1. The summed E-state index contributed by atoms with van der Waals surface area (Å²) in [6.07, 6.45) is 2.89. The molecule has 1 amide bonds. The van der Waals surface area contributed by atoms with Gasteiger partial charge in [0.15, 0.2) is 0 Å². The van der Waals surface area contributed by atoms with Crippen molar-refractivity contribution in [2.24, 2.45) is 11.7 Å². The first-order valence-corrected chi connectivity index (χ1v) is 8.65. The Labute approximate surface area is 142 Å². The molecule has 1 aliphatic rings. The maximum absolute atomic E-state index is 13.3. The van der Waals surface area contributed by atoms with E-state index in [1.165, 1.54) is 4.57 Å². The summed E-state index contributed by atoms with van der Waals surface area (Å²) in [4.78, 5) is 26.2. The number of amides is 1. The van der Waals surface area contributed by atoms with E-state index in [0.29, 0.717) is 19.4 Å². The smallest absolute Gasteiger partial charge is 0.251 e. The molecule has 1 aromatic rings. The Hall–Kier alpha value is -1.69. The summed E-state index contributed by atoms with van der Waals surface area (Å²) in [5.41, 5.74) is 7.22. The highest BCUT2D eigenvalue weighted by molar-refractivity contribution is 5.78. The molecular formula is C18H28FN3O2. The second-order valence-corrected chi connectivity index (χ2v) is 7.21. The van der Waals surface area contributed by atoms with Crippen molar-refractivity contribution < 1.29 is 9.18 Å². The lowest BCUT2D eigenvalue weighted by molar-refractivity contribution is -0.121. The molecule has 0 spiro atoms. The van der Waals surface area contributed by atoms with E-state index in [-0.39, 0.29) is 11.5 Å². The first-order valence-electron chi connectivity index (χ1n) is 8.65. The second kappa shape index (κ2) is 7.92. The van der Waals surface area contributed by atoms with Gasteiger partial charge in [-0.05, 0) is 43.2 Å². The molecule has 2 rings (SSSR count). The first kappa shape index (κ1) is 18.6. The molecule has 1 aliphatic heterocycles. The van der Waals surface area contributed by atoms with Gasteiger partial charge >= 0.3 is 0 Å². The predicted molar refractivity (Wildman–Crippen MR) is 92.8 cm³/mol. The Balaban J connectivity index is 2.20. The molecule has 2 N–H and O–H groups in total. The van der Waals surface area contributed by atoms with Crippen LogP contribution in [0.4, 0.5) is 4.39 Å². The van der Waals surface area contributed by atoms with Crippen LogP contribution < -0.4 is 11.3 Å². The molecule has 0 saturated carbocycles. The van der Waals surface area contributed by atoms with Crippen LogP contribution in [0.2, 0.25) is 0 Å². The van der Waals surface area contributed by atoms with Crippen molar-refractivity contribution >= 4 is 5.91 Å². The van der Waals surface area contributed by atoms with E-state index in [2.05, 4.69) is 4.90 Å². The average molecular weight is 337 g/mol. The zero-order chi connectivity index (χ0) is 17.9. The molecule has 0 aliphatic carbocycles. The topological polar surface area (TPSA) is 68.3 Å². The molecule has 1 fully saturated rings. The number of carbonyl (C=O) groups is 1. The van der Waals surface area contributed by atoms with Gasteiger partial charge in [-0.15, -0.1) is 0 Å². The van der Waals surface area contributed by atoms with Crippen molar-refractivity contribution in [3.8, 4) is 0 Å². The summed E-state index contributed by atoms with van der Waals surface area (Å²) < 4.78 is 14.7. The first-order chi connectivity index (χ1) is 11.3. The molecule has 1 aromatic heterocycles. The van der Waals surface area contributed by atoms with Crippen LogP contribution in [0.25, 0.3) is 0 Å². The third-order valence-corrected chi connectivity index (χ3v) is 4.67. The maximum atomic E-state index is 13.3. The minimum Gasteiger partial charge on any atom is -0.368 e. The van der Waals surface area contributed by atoms with Crippen LogP contribution in [-0.2, 0) is 11.2 Å². The van der Waals surface area contributed by atoms with Crippen LogP contribution in [0.5, 0.6) is 0 Å². The van der Waals surface area contributed by atoms with Crippen molar-refractivity contribution in [2.45, 2.75) is 52.2 Å². The quantitative estimate of drug-likeness (QED) is 0.825. The Bertz CT molecular complexity index is 642. The number of halogens is 1. The van der Waals surface area contributed by atoms with Crippen molar-refractivity contribution in [1.29, 1.82) is 0 Å². The number of aryl methyl sites for hydroxylation is 1. The number of likely N-dealkylation sites (tertiary alicyclic amines) is 1. The molecule has 2 atom stereocenters. The number of rotatable bonds is 7. The number of pyridine rings is 1. The lowest BCUT2D eigenvalue weighted by atomic mass is 10.0. The average Bonchev–Trinajstić information content (AvgIpc) is 2.89. The van der Waals surface area contributed by atoms with Gasteiger partial charge in [-0.25, -0.2) is 4.39 Å². The van der Waals surface area contributed by atoms with Crippen molar-refractivity contribution in [3.63, 3.8) is 0 Å². The monoisotopic (exact) mass is 337 g/mol. The van der Waals surface area contributed by atoms with Gasteiger partial charge in [0.1, 0.15) is 12.2 Å².